The van der Waals surface area contributed by atoms with E-state index < -0.39 is 0 Å². The molecule has 0 amide bonds. The third-order valence-corrected chi connectivity index (χ3v) is 3.10. The van der Waals surface area contributed by atoms with Crippen molar-refractivity contribution in [3.63, 3.8) is 0 Å². The molecular weight excluding hydrogens is 176 g/mol. The highest BCUT2D eigenvalue weighted by molar-refractivity contribution is 6.47. The summed E-state index contributed by atoms with van der Waals surface area (Å²) >= 11 is 0. The van der Waals surface area contributed by atoms with Crippen molar-refractivity contribution in [1.29, 1.82) is 0 Å². The molecule has 0 saturated carbocycles. The Kier molecular flexibility index (Phi) is 4.19. The van der Waals surface area contributed by atoms with E-state index in [0.717, 1.165) is 6.42 Å². The molecule has 0 aliphatic heterocycles. The molecule has 0 spiro atoms. The molecule has 1 aromatic carbocycles. The van der Waals surface area contributed by atoms with E-state index >= 15 is 0 Å². The Bertz CT molecular complexity index is 258. The molecule has 70 valence electrons. The largest absolute Gasteiger partial charge is 0.409 e. The molecule has 0 aliphatic rings. The van der Waals surface area contributed by atoms with Gasteiger partial charge < -0.3 is 4.43 Å². The minimum atomic E-state index is 0.322. The summed E-state index contributed by atoms with van der Waals surface area (Å²) in [6.07, 6.45) is 1.41. The van der Waals surface area contributed by atoms with Crippen molar-refractivity contribution < 1.29 is 4.43 Å². The Morgan fingerprint density at radius 2 is 2.00 bits per heavy atom. The van der Waals surface area contributed by atoms with Crippen LogP contribution in [0.2, 0.25) is 0 Å². The van der Waals surface area contributed by atoms with Crippen LogP contribution in [-0.2, 0) is 10.8 Å². The summed E-state index contributed by atoms with van der Waals surface area (Å²) in [5, 5.41) is 1.35. The third kappa shape index (κ3) is 3.33. The molecule has 0 aromatic heterocycles. The van der Waals surface area contributed by atoms with Gasteiger partial charge in [0, 0.05) is 6.10 Å². The van der Waals surface area contributed by atoms with E-state index in [1.807, 2.05) is 0 Å². The Labute approximate surface area is 83.1 Å². The van der Waals surface area contributed by atoms with E-state index in [2.05, 4.69) is 45.0 Å². The van der Waals surface area contributed by atoms with Gasteiger partial charge in [0.1, 0.15) is 0 Å². The summed E-state index contributed by atoms with van der Waals surface area (Å²) in [7, 11) is 0.490. The van der Waals surface area contributed by atoms with Crippen molar-refractivity contribution in [2.24, 2.45) is 0 Å². The maximum Gasteiger partial charge on any atom is 0.269 e. The van der Waals surface area contributed by atoms with E-state index in [-0.39, 0.29) is 0 Å². The van der Waals surface area contributed by atoms with E-state index in [0.29, 0.717) is 15.9 Å². The molecule has 1 nitrogen and oxygen atoms in total. The highest BCUT2D eigenvalue weighted by atomic mass is 28.2. The van der Waals surface area contributed by atoms with Gasteiger partial charge in [-0.2, -0.15) is 0 Å². The highest BCUT2D eigenvalue weighted by Gasteiger charge is 2.03. The molecule has 0 fully saturated rings. The van der Waals surface area contributed by atoms with Crippen LogP contribution in [0.3, 0.4) is 0 Å². The summed E-state index contributed by atoms with van der Waals surface area (Å²) in [5.41, 5.74) is 1.40. The molecule has 0 heterocycles. The first-order valence-electron chi connectivity index (χ1n) is 4.73. The second-order valence-electron chi connectivity index (χ2n) is 3.28. The van der Waals surface area contributed by atoms with Crippen LogP contribution in [0.15, 0.2) is 24.3 Å². The molecule has 0 N–H and O–H groups in total. The first-order valence-corrected chi connectivity index (χ1v) is 5.64. The zero-order valence-corrected chi connectivity index (χ0v) is 9.50. The first kappa shape index (κ1) is 10.5. The first-order chi connectivity index (χ1) is 6.24. The summed E-state index contributed by atoms with van der Waals surface area (Å²) in [5.74, 6) is 0. The van der Waals surface area contributed by atoms with Crippen LogP contribution in [0.5, 0.6) is 0 Å². The van der Waals surface area contributed by atoms with E-state index in [9.17, 15) is 0 Å². The standard InChI is InChI=1S/C11H16OSi/c1-4-10-7-5-6-8-11(10)13-12-9(2)3/h5-9H,4H2,1-3H3. The smallest absolute Gasteiger partial charge is 0.269 e. The molecule has 0 saturated heterocycles. The van der Waals surface area contributed by atoms with Crippen molar-refractivity contribution >= 4 is 14.9 Å². The van der Waals surface area contributed by atoms with Crippen LogP contribution in [0.1, 0.15) is 26.3 Å². The van der Waals surface area contributed by atoms with Crippen LogP contribution in [0.25, 0.3) is 0 Å². The Morgan fingerprint density at radius 3 is 2.62 bits per heavy atom. The third-order valence-electron chi connectivity index (χ3n) is 1.80. The fraction of sp³-hybridized carbons (Fsp3) is 0.455. The SMILES string of the molecule is CCc1ccccc1[Si]OC(C)C. The normalized spacial score (nSPS) is 10.8. The lowest BCUT2D eigenvalue weighted by atomic mass is 10.2. The molecule has 0 aliphatic carbocycles. The summed E-state index contributed by atoms with van der Waals surface area (Å²) < 4.78 is 5.60. The predicted molar refractivity (Wildman–Crippen MR) is 57.4 cm³/mol. The average Bonchev–Trinajstić information content (AvgIpc) is 2.15. The molecule has 0 bridgehead atoms. The van der Waals surface area contributed by atoms with E-state index in [1.165, 1.54) is 10.8 Å². The second kappa shape index (κ2) is 5.20. The maximum absolute atomic E-state index is 5.60. The van der Waals surface area contributed by atoms with Gasteiger partial charge in [-0.15, -0.1) is 0 Å². The summed E-state index contributed by atoms with van der Waals surface area (Å²) in [4.78, 5) is 0. The zero-order chi connectivity index (χ0) is 9.68. The molecule has 2 radical (unpaired) electrons. The van der Waals surface area contributed by atoms with Crippen molar-refractivity contribution in [2.45, 2.75) is 33.3 Å². The maximum atomic E-state index is 5.60. The van der Waals surface area contributed by atoms with Crippen molar-refractivity contribution in [3.8, 4) is 0 Å². The molecule has 1 rings (SSSR count). The van der Waals surface area contributed by atoms with Gasteiger partial charge in [-0.1, -0.05) is 31.2 Å². The zero-order valence-electron chi connectivity index (χ0n) is 8.50. The monoisotopic (exact) mass is 192 g/mol. The molecule has 13 heavy (non-hydrogen) atoms. The number of rotatable bonds is 4. The molecule has 1 aromatic rings. The summed E-state index contributed by atoms with van der Waals surface area (Å²) in [6.45, 7) is 6.32. The minimum Gasteiger partial charge on any atom is -0.409 e. The quantitative estimate of drug-likeness (QED) is 0.662. The lowest BCUT2D eigenvalue weighted by Gasteiger charge is -2.08. The van der Waals surface area contributed by atoms with Crippen LogP contribution in [0.4, 0.5) is 0 Å². The van der Waals surface area contributed by atoms with Gasteiger partial charge in [0.05, 0.1) is 0 Å². The van der Waals surface area contributed by atoms with Crippen LogP contribution in [-0.4, -0.2) is 15.9 Å². The number of aryl methyl sites for hydroxylation is 1. The predicted octanol–water partition coefficient (Wildman–Crippen LogP) is 1.92. The molecular formula is C11H16OSi. The van der Waals surface area contributed by atoms with E-state index in [1.54, 1.807) is 0 Å². The fourth-order valence-corrected chi connectivity index (χ4v) is 2.03. The van der Waals surface area contributed by atoms with Crippen LogP contribution < -0.4 is 5.19 Å². The Morgan fingerprint density at radius 1 is 1.31 bits per heavy atom. The van der Waals surface area contributed by atoms with Gasteiger partial charge in [0.25, 0.3) is 9.76 Å². The van der Waals surface area contributed by atoms with Crippen molar-refractivity contribution in [3.05, 3.63) is 29.8 Å². The van der Waals surface area contributed by atoms with Crippen molar-refractivity contribution in [2.75, 3.05) is 0 Å². The lowest BCUT2D eigenvalue weighted by molar-refractivity contribution is 0.260. The van der Waals surface area contributed by atoms with Crippen LogP contribution >= 0.6 is 0 Å². The summed E-state index contributed by atoms with van der Waals surface area (Å²) in [6, 6.07) is 8.49. The average molecular weight is 192 g/mol. The second-order valence-corrected chi connectivity index (χ2v) is 4.26. The van der Waals surface area contributed by atoms with E-state index in [4.69, 9.17) is 4.43 Å². The Hall–Kier alpha value is -0.603. The lowest BCUT2D eigenvalue weighted by Crippen LogP contribution is -2.24. The Balaban J connectivity index is 2.64. The number of benzene rings is 1. The molecule has 0 atom stereocenters. The topological polar surface area (TPSA) is 9.23 Å². The van der Waals surface area contributed by atoms with Gasteiger partial charge in [0.2, 0.25) is 0 Å². The van der Waals surface area contributed by atoms with Crippen LogP contribution in [0, 0.1) is 0 Å². The van der Waals surface area contributed by atoms with Crippen molar-refractivity contribution in [1.82, 2.24) is 0 Å². The number of hydrogen-bond donors (Lipinski definition) is 0. The van der Waals surface area contributed by atoms with Gasteiger partial charge in [-0.3, -0.25) is 0 Å². The minimum absolute atomic E-state index is 0.322. The molecule has 0 unspecified atom stereocenters. The van der Waals surface area contributed by atoms with Gasteiger partial charge >= 0.3 is 0 Å². The highest BCUT2D eigenvalue weighted by Crippen LogP contribution is 1.97. The fourth-order valence-electron chi connectivity index (χ4n) is 1.11. The molecule has 2 heteroatoms. The van der Waals surface area contributed by atoms with Gasteiger partial charge in [-0.25, -0.2) is 0 Å². The van der Waals surface area contributed by atoms with Gasteiger partial charge in [0.15, 0.2) is 0 Å². The van der Waals surface area contributed by atoms with Gasteiger partial charge in [-0.05, 0) is 31.0 Å². The number of hydrogen-bond acceptors (Lipinski definition) is 1.